The zero-order chi connectivity index (χ0) is 13.7. The largest absolute Gasteiger partial charge is 0.293 e. The van der Waals surface area contributed by atoms with Gasteiger partial charge in [-0.1, -0.05) is 60.1 Å². The van der Waals surface area contributed by atoms with Crippen molar-refractivity contribution in [2.75, 3.05) is 5.75 Å². The van der Waals surface area contributed by atoms with Gasteiger partial charge >= 0.3 is 0 Å². The van der Waals surface area contributed by atoms with Crippen molar-refractivity contribution in [1.82, 2.24) is 0 Å². The molecule has 2 aromatic rings. The number of rotatable bonds is 5. The Balaban J connectivity index is 1.99. The quantitative estimate of drug-likeness (QED) is 0.791. The second kappa shape index (κ2) is 6.64. The molecule has 2 nitrogen and oxygen atoms in total. The predicted molar refractivity (Wildman–Crippen MR) is 78.9 cm³/mol. The van der Waals surface area contributed by atoms with Gasteiger partial charge in [-0.05, 0) is 11.6 Å². The predicted octanol–water partition coefficient (Wildman–Crippen LogP) is 3.47. The highest BCUT2D eigenvalue weighted by Gasteiger charge is 2.11. The van der Waals surface area contributed by atoms with Crippen LogP contribution in [0.5, 0.6) is 0 Å². The van der Waals surface area contributed by atoms with E-state index in [2.05, 4.69) is 0 Å². The van der Waals surface area contributed by atoms with Crippen molar-refractivity contribution in [3.05, 3.63) is 70.7 Å². The number of Topliss-reactive ketones (excluding diaryl/α,β-unsaturated/α-hetero) is 1. The minimum absolute atomic E-state index is 0.0231. The molecule has 19 heavy (non-hydrogen) atoms. The van der Waals surface area contributed by atoms with Gasteiger partial charge in [0.1, 0.15) is 0 Å². The molecule has 0 aliphatic rings. The van der Waals surface area contributed by atoms with E-state index in [9.17, 15) is 9.00 Å². The van der Waals surface area contributed by atoms with E-state index >= 15 is 0 Å². The van der Waals surface area contributed by atoms with Gasteiger partial charge in [-0.15, -0.1) is 0 Å². The van der Waals surface area contributed by atoms with Crippen LogP contribution in [0.1, 0.15) is 15.9 Å². The lowest BCUT2D eigenvalue weighted by atomic mass is 10.2. The van der Waals surface area contributed by atoms with E-state index in [4.69, 9.17) is 11.6 Å². The van der Waals surface area contributed by atoms with Crippen molar-refractivity contribution in [3.63, 3.8) is 0 Å². The van der Waals surface area contributed by atoms with Crippen molar-refractivity contribution in [2.24, 2.45) is 0 Å². The Kier molecular flexibility index (Phi) is 4.88. The molecule has 0 fully saturated rings. The molecular weight excluding hydrogens is 280 g/mol. The van der Waals surface area contributed by atoms with E-state index in [1.807, 2.05) is 24.3 Å². The Morgan fingerprint density at radius 1 is 1.00 bits per heavy atom. The normalized spacial score (nSPS) is 12.1. The minimum atomic E-state index is -1.25. The molecule has 0 N–H and O–H groups in total. The highest BCUT2D eigenvalue weighted by Crippen LogP contribution is 2.17. The fourth-order valence-electron chi connectivity index (χ4n) is 1.69. The van der Waals surface area contributed by atoms with Crippen LogP contribution in [0, 0.1) is 0 Å². The van der Waals surface area contributed by atoms with Gasteiger partial charge in [0.05, 0.1) is 11.5 Å². The van der Waals surface area contributed by atoms with Gasteiger partial charge in [0.25, 0.3) is 0 Å². The fourth-order valence-corrected chi connectivity index (χ4v) is 3.14. The summed E-state index contributed by atoms with van der Waals surface area (Å²) in [5, 5.41) is 0.586. The van der Waals surface area contributed by atoms with Gasteiger partial charge in [-0.3, -0.25) is 9.00 Å². The lowest BCUT2D eigenvalue weighted by molar-refractivity contribution is 0.102. The summed E-state index contributed by atoms with van der Waals surface area (Å²) in [6.07, 6.45) is 0. The summed E-state index contributed by atoms with van der Waals surface area (Å²) in [5.74, 6) is 0.221. The smallest absolute Gasteiger partial charge is 0.175 e. The summed E-state index contributed by atoms with van der Waals surface area (Å²) in [4.78, 5) is 11.9. The second-order valence-corrected chi connectivity index (χ2v) is 5.97. The first kappa shape index (κ1) is 14.0. The molecule has 0 bridgehead atoms. The van der Waals surface area contributed by atoms with Crippen LogP contribution in [-0.4, -0.2) is 15.7 Å². The number of benzene rings is 2. The summed E-state index contributed by atoms with van der Waals surface area (Å²) in [7, 11) is -1.25. The summed E-state index contributed by atoms with van der Waals surface area (Å²) >= 11 is 6.00. The van der Waals surface area contributed by atoms with Crippen LogP contribution >= 0.6 is 11.6 Å². The number of carbonyl (C=O) groups is 1. The van der Waals surface area contributed by atoms with E-state index < -0.39 is 10.8 Å². The monoisotopic (exact) mass is 292 g/mol. The van der Waals surface area contributed by atoms with Crippen molar-refractivity contribution < 1.29 is 9.00 Å². The lowest BCUT2D eigenvalue weighted by Crippen LogP contribution is -2.12. The fraction of sp³-hybridized carbons (Fsp3) is 0.133. The van der Waals surface area contributed by atoms with Crippen LogP contribution in [0.4, 0.5) is 0 Å². The van der Waals surface area contributed by atoms with E-state index in [-0.39, 0.29) is 11.5 Å². The Morgan fingerprint density at radius 3 is 2.32 bits per heavy atom. The van der Waals surface area contributed by atoms with Gasteiger partial charge in [0.2, 0.25) is 0 Å². The zero-order valence-electron chi connectivity index (χ0n) is 10.2. The molecule has 0 amide bonds. The number of carbonyl (C=O) groups excluding carboxylic acids is 1. The van der Waals surface area contributed by atoms with E-state index in [0.29, 0.717) is 16.3 Å². The van der Waals surface area contributed by atoms with Gasteiger partial charge in [-0.25, -0.2) is 0 Å². The first-order valence-electron chi connectivity index (χ1n) is 5.83. The maximum Gasteiger partial charge on any atom is 0.175 e. The third kappa shape index (κ3) is 4.01. The maximum atomic E-state index is 12.0. The van der Waals surface area contributed by atoms with E-state index in [1.54, 1.807) is 30.3 Å². The first-order valence-corrected chi connectivity index (χ1v) is 7.70. The Hall–Kier alpha value is -1.45. The summed E-state index contributed by atoms with van der Waals surface area (Å²) in [5.41, 5.74) is 1.40. The molecule has 0 spiro atoms. The highest BCUT2D eigenvalue weighted by atomic mass is 35.5. The van der Waals surface area contributed by atoms with Crippen LogP contribution in [0.3, 0.4) is 0 Å². The standard InChI is InChI=1S/C15H13ClO2S/c16-14-9-5-4-8-13(14)10-19(18)11-15(17)12-6-2-1-3-7-12/h1-9H,10-11H2. The lowest BCUT2D eigenvalue weighted by Gasteiger charge is -2.04. The number of halogens is 1. The van der Waals surface area contributed by atoms with Crippen molar-refractivity contribution in [1.29, 1.82) is 0 Å². The average Bonchev–Trinajstić information content (AvgIpc) is 2.42. The number of ketones is 1. The Labute approximate surface area is 119 Å². The molecule has 0 saturated carbocycles. The number of hydrogen-bond acceptors (Lipinski definition) is 2. The molecular formula is C15H13ClO2S. The van der Waals surface area contributed by atoms with Crippen molar-refractivity contribution in [2.45, 2.75) is 5.75 Å². The van der Waals surface area contributed by atoms with Crippen LogP contribution in [-0.2, 0) is 16.6 Å². The average molecular weight is 293 g/mol. The van der Waals surface area contributed by atoms with Crippen LogP contribution < -0.4 is 0 Å². The molecule has 0 aromatic heterocycles. The van der Waals surface area contributed by atoms with E-state index in [0.717, 1.165) is 5.56 Å². The highest BCUT2D eigenvalue weighted by molar-refractivity contribution is 7.85. The first-order chi connectivity index (χ1) is 9.16. The van der Waals surface area contributed by atoms with Crippen molar-refractivity contribution >= 4 is 28.2 Å². The second-order valence-electron chi connectivity index (χ2n) is 4.11. The summed E-state index contributed by atoms with van der Waals surface area (Å²) in [6.45, 7) is 0. The molecule has 0 heterocycles. The van der Waals surface area contributed by atoms with Crippen LogP contribution in [0.25, 0.3) is 0 Å². The molecule has 0 radical (unpaired) electrons. The minimum Gasteiger partial charge on any atom is -0.293 e. The topological polar surface area (TPSA) is 34.1 Å². The van der Waals surface area contributed by atoms with Crippen molar-refractivity contribution in [3.8, 4) is 0 Å². The van der Waals surface area contributed by atoms with Gasteiger partial charge in [0, 0.05) is 21.4 Å². The Morgan fingerprint density at radius 2 is 1.63 bits per heavy atom. The van der Waals surface area contributed by atoms with Crippen LogP contribution in [0.2, 0.25) is 5.02 Å². The van der Waals surface area contributed by atoms with Gasteiger partial charge in [0.15, 0.2) is 5.78 Å². The number of hydrogen-bond donors (Lipinski definition) is 0. The molecule has 0 saturated heterocycles. The molecule has 1 atom stereocenters. The van der Waals surface area contributed by atoms with E-state index in [1.165, 1.54) is 0 Å². The molecule has 98 valence electrons. The molecule has 2 rings (SSSR count). The summed E-state index contributed by atoms with van der Waals surface area (Å²) < 4.78 is 12.0. The maximum absolute atomic E-state index is 12.0. The molecule has 0 aliphatic carbocycles. The van der Waals surface area contributed by atoms with Gasteiger partial charge in [-0.2, -0.15) is 0 Å². The van der Waals surface area contributed by atoms with Crippen LogP contribution in [0.15, 0.2) is 54.6 Å². The molecule has 2 aromatic carbocycles. The zero-order valence-corrected chi connectivity index (χ0v) is 11.8. The molecule has 4 heteroatoms. The SMILES string of the molecule is O=C(CS(=O)Cc1ccccc1Cl)c1ccccc1. The Bertz CT molecular complexity index is 596. The third-order valence-corrected chi connectivity index (χ3v) is 4.25. The molecule has 1 unspecified atom stereocenters. The van der Waals surface area contributed by atoms with Gasteiger partial charge < -0.3 is 0 Å². The third-order valence-electron chi connectivity index (χ3n) is 2.66. The summed E-state index contributed by atoms with van der Waals surface area (Å²) in [6, 6.07) is 16.2. The molecule has 0 aliphatic heterocycles.